The molecule has 0 aliphatic heterocycles. The smallest absolute Gasteiger partial charge is 0.0148 e. The van der Waals surface area contributed by atoms with E-state index in [1.165, 1.54) is 51.4 Å². The van der Waals surface area contributed by atoms with Crippen LogP contribution in [0.25, 0.3) is 0 Å². The maximum absolute atomic E-state index is 3.76. The van der Waals surface area contributed by atoms with E-state index in [0.717, 1.165) is 22.6 Å². The van der Waals surface area contributed by atoms with Crippen molar-refractivity contribution in [1.29, 1.82) is 0 Å². The molecule has 0 radical (unpaired) electrons. The van der Waals surface area contributed by atoms with Gasteiger partial charge in [0.05, 0.1) is 0 Å². The summed E-state index contributed by atoms with van der Waals surface area (Å²) in [5, 5.41) is 0. The molecular weight excluding hydrogens is 236 g/mol. The molecule has 0 heterocycles. The molecule has 82 valence electrons. The molecule has 1 heteroatoms. The van der Waals surface area contributed by atoms with Gasteiger partial charge in [0.2, 0.25) is 0 Å². The first-order valence-electron chi connectivity index (χ1n) is 6.38. The number of alkyl halides is 1. The lowest BCUT2D eigenvalue weighted by molar-refractivity contribution is 0.239. The number of hydrogen-bond donors (Lipinski definition) is 0. The second-order valence-electron chi connectivity index (χ2n) is 5.65. The molecule has 0 spiro atoms. The van der Waals surface area contributed by atoms with Gasteiger partial charge in [-0.05, 0) is 49.9 Å². The van der Waals surface area contributed by atoms with Crippen LogP contribution < -0.4 is 0 Å². The number of hydrogen-bond acceptors (Lipinski definition) is 0. The van der Waals surface area contributed by atoms with Crippen LogP contribution in [0.4, 0.5) is 0 Å². The highest BCUT2D eigenvalue weighted by Gasteiger charge is 2.27. The van der Waals surface area contributed by atoms with Crippen molar-refractivity contribution in [3.63, 3.8) is 0 Å². The van der Waals surface area contributed by atoms with Crippen LogP contribution in [0.5, 0.6) is 0 Å². The minimum atomic E-state index is 0.841. The van der Waals surface area contributed by atoms with Crippen LogP contribution in [0.2, 0.25) is 0 Å². The zero-order valence-corrected chi connectivity index (χ0v) is 10.9. The van der Waals surface area contributed by atoms with Crippen molar-refractivity contribution in [1.82, 2.24) is 0 Å². The predicted octanol–water partition coefficient (Wildman–Crippen LogP) is 4.77. The van der Waals surface area contributed by atoms with E-state index in [1.807, 2.05) is 0 Å². The fourth-order valence-electron chi connectivity index (χ4n) is 3.47. The van der Waals surface area contributed by atoms with Gasteiger partial charge in [-0.1, -0.05) is 42.1 Å². The Hall–Kier alpha value is 0.480. The summed E-state index contributed by atoms with van der Waals surface area (Å²) in [5.74, 6) is 3.13. The minimum Gasteiger partial charge on any atom is -0.0891 e. The monoisotopic (exact) mass is 258 g/mol. The molecule has 0 aromatic heterocycles. The third kappa shape index (κ3) is 2.98. The molecular formula is C13H23Br. The highest BCUT2D eigenvalue weighted by atomic mass is 79.9. The first kappa shape index (κ1) is 11.0. The topological polar surface area (TPSA) is 0 Å². The van der Waals surface area contributed by atoms with Crippen LogP contribution in [0.1, 0.15) is 58.3 Å². The minimum absolute atomic E-state index is 0.841. The second-order valence-corrected chi connectivity index (χ2v) is 6.94. The van der Waals surface area contributed by atoms with E-state index in [4.69, 9.17) is 0 Å². The van der Waals surface area contributed by atoms with Gasteiger partial charge in [0, 0.05) is 4.83 Å². The zero-order valence-electron chi connectivity index (χ0n) is 9.34. The van der Waals surface area contributed by atoms with Crippen LogP contribution in [-0.4, -0.2) is 4.83 Å². The first-order chi connectivity index (χ1) is 6.74. The summed E-state index contributed by atoms with van der Waals surface area (Å²) >= 11 is 3.76. The van der Waals surface area contributed by atoms with Gasteiger partial charge in [0.25, 0.3) is 0 Å². The van der Waals surface area contributed by atoms with Crippen molar-refractivity contribution in [3.8, 4) is 0 Å². The molecule has 0 amide bonds. The van der Waals surface area contributed by atoms with Gasteiger partial charge in [-0.2, -0.15) is 0 Å². The van der Waals surface area contributed by atoms with Crippen LogP contribution in [0.15, 0.2) is 0 Å². The van der Waals surface area contributed by atoms with Crippen molar-refractivity contribution < 1.29 is 0 Å². The van der Waals surface area contributed by atoms with E-state index in [1.54, 1.807) is 0 Å². The van der Waals surface area contributed by atoms with Crippen LogP contribution in [-0.2, 0) is 0 Å². The summed E-state index contributed by atoms with van der Waals surface area (Å²) in [7, 11) is 0. The van der Waals surface area contributed by atoms with Crippen molar-refractivity contribution in [3.05, 3.63) is 0 Å². The Bertz CT molecular complexity index is 178. The van der Waals surface area contributed by atoms with Gasteiger partial charge in [-0.25, -0.2) is 0 Å². The van der Waals surface area contributed by atoms with E-state index >= 15 is 0 Å². The summed E-state index contributed by atoms with van der Waals surface area (Å²) < 4.78 is 0. The largest absolute Gasteiger partial charge is 0.0891 e. The molecule has 2 rings (SSSR count). The number of rotatable bonds is 2. The summed E-state index contributed by atoms with van der Waals surface area (Å²) in [6.07, 6.45) is 11.9. The Morgan fingerprint density at radius 3 is 2.43 bits per heavy atom. The maximum Gasteiger partial charge on any atom is 0.0148 e. The Morgan fingerprint density at radius 2 is 1.79 bits per heavy atom. The number of halogens is 1. The second kappa shape index (κ2) is 5.01. The van der Waals surface area contributed by atoms with Crippen molar-refractivity contribution in [2.24, 2.45) is 17.8 Å². The van der Waals surface area contributed by atoms with Gasteiger partial charge in [-0.15, -0.1) is 0 Å². The average molecular weight is 259 g/mol. The lowest BCUT2D eigenvalue weighted by Crippen LogP contribution is -2.16. The zero-order chi connectivity index (χ0) is 9.97. The summed E-state index contributed by atoms with van der Waals surface area (Å²) in [6, 6.07) is 0. The summed E-state index contributed by atoms with van der Waals surface area (Å²) in [4.78, 5) is 0.841. The average Bonchev–Trinajstić information content (AvgIpc) is 2.51. The Labute approximate surface area is 97.0 Å². The van der Waals surface area contributed by atoms with Gasteiger partial charge in [0.1, 0.15) is 0 Å². The Kier molecular flexibility index (Phi) is 3.93. The summed E-state index contributed by atoms with van der Waals surface area (Å²) in [6.45, 7) is 2.44. The molecule has 0 nitrogen and oxygen atoms in total. The standard InChI is InChI=1S/C13H23Br/c1-10-3-2-4-11(7-10)8-12-5-6-13(14)9-12/h10-13H,2-9H2,1H3. The third-order valence-corrected chi connectivity index (χ3v) is 5.02. The lowest BCUT2D eigenvalue weighted by atomic mass is 9.78. The lowest BCUT2D eigenvalue weighted by Gasteiger charge is -2.28. The highest BCUT2D eigenvalue weighted by Crippen LogP contribution is 2.39. The highest BCUT2D eigenvalue weighted by molar-refractivity contribution is 9.09. The van der Waals surface area contributed by atoms with Gasteiger partial charge in [-0.3, -0.25) is 0 Å². The molecule has 0 aromatic carbocycles. The molecule has 0 bridgehead atoms. The molecule has 4 unspecified atom stereocenters. The molecule has 2 saturated carbocycles. The normalized spacial score (nSPS) is 44.1. The summed E-state index contributed by atoms with van der Waals surface area (Å²) in [5.41, 5.74) is 0. The fraction of sp³-hybridized carbons (Fsp3) is 1.00. The van der Waals surface area contributed by atoms with Gasteiger partial charge < -0.3 is 0 Å². The maximum atomic E-state index is 3.76. The van der Waals surface area contributed by atoms with Gasteiger partial charge >= 0.3 is 0 Å². The molecule has 0 N–H and O–H groups in total. The quantitative estimate of drug-likeness (QED) is 0.627. The third-order valence-electron chi connectivity index (χ3n) is 4.19. The van der Waals surface area contributed by atoms with E-state index in [-0.39, 0.29) is 0 Å². The SMILES string of the molecule is CC1CCCC(CC2CCC(Br)C2)C1. The van der Waals surface area contributed by atoms with Crippen LogP contribution in [0.3, 0.4) is 0 Å². The Morgan fingerprint density at radius 1 is 1.00 bits per heavy atom. The Balaban J connectivity index is 1.74. The molecule has 2 aliphatic rings. The van der Waals surface area contributed by atoms with Crippen molar-refractivity contribution in [2.75, 3.05) is 0 Å². The molecule has 0 saturated heterocycles. The van der Waals surface area contributed by atoms with Crippen LogP contribution in [0, 0.1) is 17.8 Å². The molecule has 2 fully saturated rings. The van der Waals surface area contributed by atoms with E-state index < -0.39 is 0 Å². The molecule has 2 aliphatic carbocycles. The molecule has 4 atom stereocenters. The van der Waals surface area contributed by atoms with E-state index in [0.29, 0.717) is 0 Å². The van der Waals surface area contributed by atoms with Gasteiger partial charge in [0.15, 0.2) is 0 Å². The van der Waals surface area contributed by atoms with Crippen molar-refractivity contribution >= 4 is 15.9 Å². The molecule has 14 heavy (non-hydrogen) atoms. The molecule has 0 aromatic rings. The predicted molar refractivity (Wildman–Crippen MR) is 65.8 cm³/mol. The van der Waals surface area contributed by atoms with E-state index in [9.17, 15) is 0 Å². The van der Waals surface area contributed by atoms with Crippen LogP contribution >= 0.6 is 15.9 Å². The van der Waals surface area contributed by atoms with E-state index in [2.05, 4.69) is 22.9 Å². The fourth-order valence-corrected chi connectivity index (χ4v) is 4.27. The van der Waals surface area contributed by atoms with Crippen molar-refractivity contribution in [2.45, 2.75) is 63.1 Å². The first-order valence-corrected chi connectivity index (χ1v) is 7.29.